The fourth-order valence-electron chi connectivity index (χ4n) is 3.27. The Labute approximate surface area is 122 Å². The van der Waals surface area contributed by atoms with Crippen LogP contribution in [0.4, 0.5) is 8.78 Å². The third kappa shape index (κ3) is 2.94. The van der Waals surface area contributed by atoms with Gasteiger partial charge in [-0.2, -0.15) is 8.78 Å². The molecule has 21 heavy (non-hydrogen) atoms. The predicted molar refractivity (Wildman–Crippen MR) is 76.4 cm³/mol. The van der Waals surface area contributed by atoms with Gasteiger partial charge in [-0.15, -0.1) is 0 Å². The average molecular weight is 295 g/mol. The van der Waals surface area contributed by atoms with Crippen molar-refractivity contribution in [3.8, 4) is 5.75 Å². The van der Waals surface area contributed by atoms with Crippen molar-refractivity contribution >= 4 is 5.96 Å². The van der Waals surface area contributed by atoms with Gasteiger partial charge in [0.1, 0.15) is 5.75 Å². The van der Waals surface area contributed by atoms with Gasteiger partial charge in [0.25, 0.3) is 0 Å². The van der Waals surface area contributed by atoms with Gasteiger partial charge in [0.2, 0.25) is 0 Å². The van der Waals surface area contributed by atoms with Crippen molar-refractivity contribution in [2.45, 2.75) is 44.4 Å². The number of nitrogens with zero attached hydrogens (tertiary/aromatic N) is 2. The number of nitrogens with two attached hydrogens (primary N) is 1. The number of hydrogen-bond donors (Lipinski definition) is 1. The molecule has 0 aromatic heterocycles. The molecule has 4 nitrogen and oxygen atoms in total. The maximum atomic E-state index is 12.2. The molecule has 0 radical (unpaired) electrons. The summed E-state index contributed by atoms with van der Waals surface area (Å²) in [7, 11) is 0. The van der Waals surface area contributed by atoms with Crippen molar-refractivity contribution in [1.29, 1.82) is 0 Å². The number of rotatable bonds is 4. The molecule has 3 rings (SSSR count). The van der Waals surface area contributed by atoms with Gasteiger partial charge in [0.15, 0.2) is 5.96 Å². The molecule has 2 N–H and O–H groups in total. The van der Waals surface area contributed by atoms with E-state index in [1.807, 2.05) is 12.1 Å². The molecule has 0 amide bonds. The fraction of sp³-hybridized carbons (Fsp3) is 0.533. The van der Waals surface area contributed by atoms with Crippen LogP contribution in [-0.2, 0) is 0 Å². The van der Waals surface area contributed by atoms with Gasteiger partial charge >= 0.3 is 6.61 Å². The molecule has 1 aliphatic heterocycles. The highest BCUT2D eigenvalue weighted by molar-refractivity contribution is 5.80. The Kier molecular flexibility index (Phi) is 3.94. The van der Waals surface area contributed by atoms with E-state index in [0.29, 0.717) is 18.5 Å². The zero-order chi connectivity index (χ0) is 14.8. The molecule has 1 aromatic carbocycles. The van der Waals surface area contributed by atoms with Crippen LogP contribution in [0.1, 0.15) is 37.3 Å². The minimum absolute atomic E-state index is 0.105. The molecule has 1 unspecified atom stereocenters. The van der Waals surface area contributed by atoms with Crippen molar-refractivity contribution in [2.75, 3.05) is 6.54 Å². The molecule has 1 saturated carbocycles. The SMILES string of the molecule is NC1=NCC(c2ccc(OC(F)F)cc2)N1C1CCCC1. The monoisotopic (exact) mass is 295 g/mol. The quantitative estimate of drug-likeness (QED) is 0.929. The predicted octanol–water partition coefficient (Wildman–Crippen LogP) is 2.90. The second kappa shape index (κ2) is 5.87. The van der Waals surface area contributed by atoms with E-state index in [1.54, 1.807) is 12.1 Å². The molecule has 2 aliphatic rings. The number of benzene rings is 1. The highest BCUT2D eigenvalue weighted by atomic mass is 19.3. The Bertz CT molecular complexity index is 512. The normalized spacial score (nSPS) is 22.9. The number of halogens is 2. The first-order chi connectivity index (χ1) is 10.1. The van der Waals surface area contributed by atoms with Gasteiger partial charge in [-0.05, 0) is 30.5 Å². The first kappa shape index (κ1) is 14.1. The summed E-state index contributed by atoms with van der Waals surface area (Å²) in [5.41, 5.74) is 7.07. The smallest absolute Gasteiger partial charge is 0.387 e. The van der Waals surface area contributed by atoms with E-state index in [1.165, 1.54) is 12.8 Å². The zero-order valence-electron chi connectivity index (χ0n) is 11.7. The van der Waals surface area contributed by atoms with Gasteiger partial charge in [-0.25, -0.2) is 0 Å². The second-order valence-electron chi connectivity index (χ2n) is 5.51. The summed E-state index contributed by atoms with van der Waals surface area (Å²) < 4.78 is 28.7. The summed E-state index contributed by atoms with van der Waals surface area (Å²) in [5, 5.41) is 0. The number of aliphatic imine (C=N–C) groups is 1. The molecule has 0 bridgehead atoms. The lowest BCUT2D eigenvalue weighted by atomic mass is 10.0. The van der Waals surface area contributed by atoms with Gasteiger partial charge < -0.3 is 15.4 Å². The Hall–Kier alpha value is -1.85. The van der Waals surface area contributed by atoms with Gasteiger partial charge in [-0.1, -0.05) is 25.0 Å². The first-order valence-electron chi connectivity index (χ1n) is 7.28. The summed E-state index contributed by atoms with van der Waals surface area (Å²) in [4.78, 5) is 6.55. The molecule has 0 spiro atoms. The van der Waals surface area contributed by atoms with Crippen molar-refractivity contribution in [3.05, 3.63) is 29.8 Å². The van der Waals surface area contributed by atoms with Gasteiger partial charge in [0.05, 0.1) is 12.6 Å². The number of alkyl halides is 2. The summed E-state index contributed by atoms with van der Waals surface area (Å²) >= 11 is 0. The standard InChI is InChI=1S/C15H19F2N3O/c16-14(17)21-12-7-5-10(6-8-12)13-9-19-15(18)20(13)11-3-1-2-4-11/h5-8,11,13-14H,1-4,9H2,(H2,18,19). The van der Waals surface area contributed by atoms with Crippen molar-refractivity contribution in [2.24, 2.45) is 10.7 Å². The molecule has 114 valence electrons. The third-order valence-corrected chi connectivity index (χ3v) is 4.23. The Morgan fingerprint density at radius 3 is 2.48 bits per heavy atom. The summed E-state index contributed by atoms with van der Waals surface area (Å²) in [6, 6.07) is 7.33. The highest BCUT2D eigenvalue weighted by Gasteiger charge is 2.34. The van der Waals surface area contributed by atoms with E-state index in [-0.39, 0.29) is 11.8 Å². The molecule has 0 saturated heterocycles. The lowest BCUT2D eigenvalue weighted by molar-refractivity contribution is -0.0498. The van der Waals surface area contributed by atoms with E-state index in [2.05, 4.69) is 14.6 Å². The summed E-state index contributed by atoms with van der Waals surface area (Å²) in [6.45, 7) is -2.17. The molecule has 1 aromatic rings. The molecular weight excluding hydrogens is 276 g/mol. The van der Waals surface area contributed by atoms with E-state index >= 15 is 0 Å². The maximum absolute atomic E-state index is 12.2. The minimum atomic E-state index is -2.80. The largest absolute Gasteiger partial charge is 0.435 e. The van der Waals surface area contributed by atoms with Crippen LogP contribution in [0.15, 0.2) is 29.3 Å². The van der Waals surface area contributed by atoms with Crippen LogP contribution in [0, 0.1) is 0 Å². The van der Waals surface area contributed by atoms with Crippen LogP contribution in [0.25, 0.3) is 0 Å². The van der Waals surface area contributed by atoms with Crippen LogP contribution in [0.2, 0.25) is 0 Å². The summed E-state index contributed by atoms with van der Waals surface area (Å²) in [5.74, 6) is 0.771. The average Bonchev–Trinajstić information content (AvgIpc) is 3.08. The lowest BCUT2D eigenvalue weighted by Crippen LogP contribution is -2.42. The Morgan fingerprint density at radius 1 is 1.19 bits per heavy atom. The topological polar surface area (TPSA) is 50.9 Å². The number of ether oxygens (including phenoxy) is 1. The minimum Gasteiger partial charge on any atom is -0.435 e. The van der Waals surface area contributed by atoms with Crippen LogP contribution < -0.4 is 10.5 Å². The molecule has 1 aliphatic carbocycles. The van der Waals surface area contributed by atoms with Crippen molar-refractivity contribution in [3.63, 3.8) is 0 Å². The van der Waals surface area contributed by atoms with Crippen LogP contribution in [0.5, 0.6) is 5.75 Å². The molecule has 6 heteroatoms. The second-order valence-corrected chi connectivity index (χ2v) is 5.51. The molecule has 1 heterocycles. The molecular formula is C15H19F2N3O. The van der Waals surface area contributed by atoms with E-state index < -0.39 is 6.61 Å². The van der Waals surface area contributed by atoms with E-state index in [0.717, 1.165) is 18.4 Å². The lowest BCUT2D eigenvalue weighted by Gasteiger charge is -2.32. The van der Waals surface area contributed by atoms with Gasteiger partial charge in [0, 0.05) is 6.04 Å². The van der Waals surface area contributed by atoms with Crippen LogP contribution in [-0.4, -0.2) is 30.1 Å². The fourth-order valence-corrected chi connectivity index (χ4v) is 3.27. The zero-order valence-corrected chi connectivity index (χ0v) is 11.7. The third-order valence-electron chi connectivity index (χ3n) is 4.23. The molecule has 1 atom stereocenters. The van der Waals surface area contributed by atoms with Crippen molar-refractivity contribution < 1.29 is 13.5 Å². The van der Waals surface area contributed by atoms with E-state index in [9.17, 15) is 8.78 Å². The van der Waals surface area contributed by atoms with Crippen LogP contribution >= 0.6 is 0 Å². The molecule has 1 fully saturated rings. The Balaban J connectivity index is 1.76. The van der Waals surface area contributed by atoms with E-state index in [4.69, 9.17) is 5.73 Å². The summed E-state index contributed by atoms with van der Waals surface area (Å²) in [6.07, 6.45) is 4.73. The highest BCUT2D eigenvalue weighted by Crippen LogP contribution is 2.34. The maximum Gasteiger partial charge on any atom is 0.387 e. The van der Waals surface area contributed by atoms with Gasteiger partial charge in [-0.3, -0.25) is 4.99 Å². The van der Waals surface area contributed by atoms with Crippen molar-refractivity contribution in [1.82, 2.24) is 4.90 Å². The first-order valence-corrected chi connectivity index (χ1v) is 7.28. The number of guanidine groups is 1. The Morgan fingerprint density at radius 2 is 1.86 bits per heavy atom. The number of hydrogen-bond acceptors (Lipinski definition) is 4. The van der Waals surface area contributed by atoms with Crippen LogP contribution in [0.3, 0.4) is 0 Å².